The van der Waals surface area contributed by atoms with Gasteiger partial charge in [-0.05, 0) is 46.2 Å². The van der Waals surface area contributed by atoms with Crippen molar-refractivity contribution in [3.05, 3.63) is 0 Å². The van der Waals surface area contributed by atoms with Crippen LogP contribution in [-0.2, 0) is 4.84 Å². The summed E-state index contributed by atoms with van der Waals surface area (Å²) in [7, 11) is 0. The molecule has 1 aliphatic rings. The molecular formula is C11H21F3N2O. The molecule has 1 heterocycles. The molecule has 0 aliphatic carbocycles. The first-order chi connectivity index (χ1) is 7.88. The molecule has 1 fully saturated rings. The standard InChI is InChI=1S/C11H21F3N2O/c1-9(2)16-6-3-4-10(5-7-16)15-17-8-11(12,13)14/h9-10,15H,3-8H2,1-2H3. The Morgan fingerprint density at radius 2 is 2.00 bits per heavy atom. The number of alkyl halides is 3. The third kappa shape index (κ3) is 6.24. The molecule has 0 aromatic heterocycles. The lowest BCUT2D eigenvalue weighted by Gasteiger charge is -2.24. The molecule has 1 rings (SSSR count). The van der Waals surface area contributed by atoms with Crippen molar-refractivity contribution in [1.29, 1.82) is 0 Å². The third-order valence-electron chi connectivity index (χ3n) is 2.98. The zero-order valence-electron chi connectivity index (χ0n) is 10.4. The third-order valence-corrected chi connectivity index (χ3v) is 2.98. The highest BCUT2D eigenvalue weighted by Gasteiger charge is 2.28. The summed E-state index contributed by atoms with van der Waals surface area (Å²) >= 11 is 0. The van der Waals surface area contributed by atoms with Crippen LogP contribution in [0.1, 0.15) is 33.1 Å². The average molecular weight is 254 g/mol. The van der Waals surface area contributed by atoms with Gasteiger partial charge in [0.15, 0.2) is 6.61 Å². The molecule has 1 atom stereocenters. The number of likely N-dealkylation sites (tertiary alicyclic amines) is 1. The zero-order valence-corrected chi connectivity index (χ0v) is 10.4. The number of nitrogens with one attached hydrogen (secondary N) is 1. The predicted molar refractivity (Wildman–Crippen MR) is 59.5 cm³/mol. The van der Waals surface area contributed by atoms with Gasteiger partial charge in [-0.15, -0.1) is 0 Å². The summed E-state index contributed by atoms with van der Waals surface area (Å²) in [4.78, 5) is 6.83. The molecule has 0 aromatic rings. The van der Waals surface area contributed by atoms with Crippen LogP contribution in [0, 0.1) is 0 Å². The maximum atomic E-state index is 11.9. The number of hydrogen-bond acceptors (Lipinski definition) is 3. The molecule has 0 radical (unpaired) electrons. The van der Waals surface area contributed by atoms with E-state index in [0.29, 0.717) is 6.04 Å². The highest BCUT2D eigenvalue weighted by atomic mass is 19.4. The summed E-state index contributed by atoms with van der Waals surface area (Å²) in [5, 5.41) is 0. The highest BCUT2D eigenvalue weighted by Crippen LogP contribution is 2.16. The maximum Gasteiger partial charge on any atom is 0.413 e. The summed E-state index contributed by atoms with van der Waals surface area (Å²) in [5.74, 6) is 0. The summed E-state index contributed by atoms with van der Waals surface area (Å²) < 4.78 is 35.7. The monoisotopic (exact) mass is 254 g/mol. The van der Waals surface area contributed by atoms with Gasteiger partial charge in [-0.3, -0.25) is 4.84 Å². The first-order valence-corrected chi connectivity index (χ1v) is 6.06. The lowest BCUT2D eigenvalue weighted by atomic mass is 10.1. The van der Waals surface area contributed by atoms with Crippen LogP contribution in [0.25, 0.3) is 0 Å². The van der Waals surface area contributed by atoms with Gasteiger partial charge in [-0.25, -0.2) is 0 Å². The summed E-state index contributed by atoms with van der Waals surface area (Å²) in [5.41, 5.74) is 2.53. The minimum Gasteiger partial charge on any atom is -0.301 e. The SMILES string of the molecule is CC(C)N1CCCC(NOCC(F)(F)F)CC1. The Morgan fingerprint density at radius 3 is 2.59 bits per heavy atom. The molecule has 0 spiro atoms. The first kappa shape index (κ1) is 14.7. The van der Waals surface area contributed by atoms with Crippen molar-refractivity contribution >= 4 is 0 Å². The molecule has 1 unspecified atom stereocenters. The van der Waals surface area contributed by atoms with E-state index in [9.17, 15) is 13.2 Å². The van der Waals surface area contributed by atoms with E-state index in [4.69, 9.17) is 0 Å². The van der Waals surface area contributed by atoms with Crippen LogP contribution >= 0.6 is 0 Å². The molecule has 1 aliphatic heterocycles. The van der Waals surface area contributed by atoms with Crippen molar-refractivity contribution in [2.45, 2.75) is 51.4 Å². The molecule has 0 saturated carbocycles. The first-order valence-electron chi connectivity index (χ1n) is 6.06. The summed E-state index contributed by atoms with van der Waals surface area (Å²) in [6.07, 6.45) is -1.58. The molecule has 0 bridgehead atoms. The predicted octanol–water partition coefficient (Wildman–Crippen LogP) is 2.33. The van der Waals surface area contributed by atoms with Crippen molar-refractivity contribution in [3.63, 3.8) is 0 Å². The minimum atomic E-state index is -4.26. The number of rotatable bonds is 4. The van der Waals surface area contributed by atoms with E-state index < -0.39 is 12.8 Å². The van der Waals surface area contributed by atoms with E-state index in [2.05, 4.69) is 29.1 Å². The van der Waals surface area contributed by atoms with Gasteiger partial charge in [0.2, 0.25) is 0 Å². The smallest absolute Gasteiger partial charge is 0.301 e. The Bertz CT molecular complexity index is 221. The van der Waals surface area contributed by atoms with E-state index in [1.807, 2.05) is 0 Å². The van der Waals surface area contributed by atoms with Crippen molar-refractivity contribution in [2.75, 3.05) is 19.7 Å². The van der Waals surface area contributed by atoms with Crippen LogP contribution in [0.5, 0.6) is 0 Å². The van der Waals surface area contributed by atoms with Gasteiger partial charge in [0.1, 0.15) is 0 Å². The molecule has 6 heteroatoms. The molecule has 1 saturated heterocycles. The Hall–Kier alpha value is -0.330. The summed E-state index contributed by atoms with van der Waals surface area (Å²) in [6, 6.07) is 0.519. The zero-order chi connectivity index (χ0) is 12.9. The highest BCUT2D eigenvalue weighted by molar-refractivity contribution is 4.74. The van der Waals surface area contributed by atoms with Crippen LogP contribution < -0.4 is 5.48 Å². The fourth-order valence-corrected chi connectivity index (χ4v) is 1.99. The van der Waals surface area contributed by atoms with E-state index in [0.717, 1.165) is 32.4 Å². The molecule has 17 heavy (non-hydrogen) atoms. The number of halogens is 3. The molecule has 3 nitrogen and oxygen atoms in total. The van der Waals surface area contributed by atoms with E-state index >= 15 is 0 Å². The van der Waals surface area contributed by atoms with E-state index in [1.54, 1.807) is 0 Å². The van der Waals surface area contributed by atoms with Crippen molar-refractivity contribution in [3.8, 4) is 0 Å². The van der Waals surface area contributed by atoms with Gasteiger partial charge in [0, 0.05) is 12.1 Å². The second-order valence-electron chi connectivity index (χ2n) is 4.78. The number of hydroxylamine groups is 1. The van der Waals surface area contributed by atoms with Crippen LogP contribution in [0.2, 0.25) is 0 Å². The van der Waals surface area contributed by atoms with Crippen molar-refractivity contribution in [1.82, 2.24) is 10.4 Å². The lowest BCUT2D eigenvalue weighted by molar-refractivity contribution is -0.193. The second-order valence-corrected chi connectivity index (χ2v) is 4.78. The fraction of sp³-hybridized carbons (Fsp3) is 1.00. The maximum absolute atomic E-state index is 11.9. The van der Waals surface area contributed by atoms with Gasteiger partial charge in [-0.2, -0.15) is 18.7 Å². The fourth-order valence-electron chi connectivity index (χ4n) is 1.99. The largest absolute Gasteiger partial charge is 0.413 e. The number of nitrogens with zero attached hydrogens (tertiary/aromatic N) is 1. The Balaban J connectivity index is 2.23. The van der Waals surface area contributed by atoms with Gasteiger partial charge >= 0.3 is 6.18 Å². The molecule has 0 amide bonds. The van der Waals surface area contributed by atoms with Crippen molar-refractivity contribution in [2.24, 2.45) is 0 Å². The normalized spacial score (nSPS) is 24.0. The lowest BCUT2D eigenvalue weighted by Crippen LogP contribution is -2.35. The van der Waals surface area contributed by atoms with Crippen LogP contribution in [0.4, 0.5) is 13.2 Å². The average Bonchev–Trinajstić information content (AvgIpc) is 2.41. The Morgan fingerprint density at radius 1 is 1.29 bits per heavy atom. The quantitative estimate of drug-likeness (QED) is 0.779. The van der Waals surface area contributed by atoms with E-state index in [-0.39, 0.29) is 6.04 Å². The molecule has 0 aromatic carbocycles. The van der Waals surface area contributed by atoms with Gasteiger partial charge in [0.25, 0.3) is 0 Å². The van der Waals surface area contributed by atoms with Crippen LogP contribution in [-0.4, -0.2) is 42.9 Å². The van der Waals surface area contributed by atoms with Gasteiger partial charge < -0.3 is 4.90 Å². The minimum absolute atomic E-state index is 0.0288. The van der Waals surface area contributed by atoms with Gasteiger partial charge in [0.05, 0.1) is 0 Å². The van der Waals surface area contributed by atoms with Crippen LogP contribution in [0.15, 0.2) is 0 Å². The Labute approximate surface area is 100 Å². The molecular weight excluding hydrogens is 233 g/mol. The van der Waals surface area contributed by atoms with Gasteiger partial charge in [-0.1, -0.05) is 0 Å². The second kappa shape index (κ2) is 6.56. The topological polar surface area (TPSA) is 24.5 Å². The van der Waals surface area contributed by atoms with E-state index in [1.165, 1.54) is 0 Å². The number of hydrogen-bond donors (Lipinski definition) is 1. The molecule has 1 N–H and O–H groups in total. The summed E-state index contributed by atoms with van der Waals surface area (Å²) in [6.45, 7) is 4.96. The molecule has 102 valence electrons. The Kier molecular flexibility index (Phi) is 5.69. The van der Waals surface area contributed by atoms with Crippen LogP contribution in [0.3, 0.4) is 0 Å². The van der Waals surface area contributed by atoms with Crippen molar-refractivity contribution < 1.29 is 18.0 Å².